The molecule has 1 N–H and O–H groups in total. The van der Waals surface area contributed by atoms with E-state index >= 15 is 0 Å². The lowest BCUT2D eigenvalue weighted by Crippen LogP contribution is -2.36. The van der Waals surface area contributed by atoms with Crippen molar-refractivity contribution in [1.82, 2.24) is 5.32 Å². The molecule has 0 heterocycles. The number of carbonyl (C=O) groups is 1. The first-order valence-corrected chi connectivity index (χ1v) is 6.13. The van der Waals surface area contributed by atoms with E-state index in [-0.39, 0.29) is 24.3 Å². The summed E-state index contributed by atoms with van der Waals surface area (Å²) in [5.41, 5.74) is 0. The second kappa shape index (κ2) is 8.48. The second-order valence-corrected chi connectivity index (χ2v) is 4.45. The van der Waals surface area contributed by atoms with Crippen molar-refractivity contribution in [3.05, 3.63) is 0 Å². The van der Waals surface area contributed by atoms with E-state index in [2.05, 4.69) is 5.32 Å². The summed E-state index contributed by atoms with van der Waals surface area (Å²) in [7, 11) is 1.56. The molecular weight excluding hydrogens is 247 g/mol. The first-order valence-electron chi connectivity index (χ1n) is 6.13. The van der Waals surface area contributed by atoms with Gasteiger partial charge in [-0.2, -0.15) is 13.2 Å². The van der Waals surface area contributed by atoms with Gasteiger partial charge in [0.25, 0.3) is 0 Å². The van der Waals surface area contributed by atoms with Crippen LogP contribution in [0.1, 0.15) is 33.1 Å². The molecule has 0 aromatic heterocycles. The average Bonchev–Trinajstić information content (AvgIpc) is 2.26. The van der Waals surface area contributed by atoms with Gasteiger partial charge in [-0.05, 0) is 19.8 Å². The van der Waals surface area contributed by atoms with Gasteiger partial charge in [0.05, 0.1) is 19.2 Å². The Balaban J connectivity index is 4.13. The molecule has 108 valence electrons. The summed E-state index contributed by atoms with van der Waals surface area (Å²) in [6.45, 7) is 2.43. The standard InChI is InChI=1S/C12H22F3NO2/c1-4-5-10(6-9(2)18-3)11(17)7-16-8-12(13,14)15/h9-10,16H,4-8H2,1-3H3. The van der Waals surface area contributed by atoms with Gasteiger partial charge >= 0.3 is 6.18 Å². The van der Waals surface area contributed by atoms with E-state index in [9.17, 15) is 18.0 Å². The van der Waals surface area contributed by atoms with E-state index in [0.29, 0.717) is 12.8 Å². The van der Waals surface area contributed by atoms with Crippen LogP contribution >= 0.6 is 0 Å². The largest absolute Gasteiger partial charge is 0.401 e. The Morgan fingerprint density at radius 1 is 1.39 bits per heavy atom. The smallest absolute Gasteiger partial charge is 0.382 e. The number of alkyl halides is 3. The van der Waals surface area contributed by atoms with E-state index in [1.807, 2.05) is 13.8 Å². The zero-order chi connectivity index (χ0) is 14.2. The molecule has 0 saturated heterocycles. The van der Waals surface area contributed by atoms with Gasteiger partial charge in [-0.3, -0.25) is 4.79 Å². The SMILES string of the molecule is CCCC(CC(C)OC)C(=O)CNCC(F)(F)F. The maximum Gasteiger partial charge on any atom is 0.401 e. The van der Waals surface area contributed by atoms with Gasteiger partial charge in [-0.1, -0.05) is 13.3 Å². The van der Waals surface area contributed by atoms with Gasteiger partial charge in [0.1, 0.15) is 5.78 Å². The number of methoxy groups -OCH3 is 1. The normalized spacial score (nSPS) is 15.4. The highest BCUT2D eigenvalue weighted by atomic mass is 19.4. The van der Waals surface area contributed by atoms with Gasteiger partial charge in [0.2, 0.25) is 0 Å². The molecule has 0 fully saturated rings. The lowest BCUT2D eigenvalue weighted by atomic mass is 9.92. The zero-order valence-corrected chi connectivity index (χ0v) is 11.1. The summed E-state index contributed by atoms with van der Waals surface area (Å²) in [6.07, 6.45) is -2.28. The number of hydrogen-bond donors (Lipinski definition) is 1. The first-order chi connectivity index (χ1) is 8.30. The van der Waals surface area contributed by atoms with E-state index in [1.165, 1.54) is 0 Å². The Bertz CT molecular complexity index is 244. The van der Waals surface area contributed by atoms with Crippen molar-refractivity contribution < 1.29 is 22.7 Å². The molecule has 2 unspecified atom stereocenters. The molecule has 0 aliphatic carbocycles. The van der Waals surface area contributed by atoms with E-state index in [0.717, 1.165) is 6.42 Å². The van der Waals surface area contributed by atoms with Crippen molar-refractivity contribution in [3.63, 3.8) is 0 Å². The monoisotopic (exact) mass is 269 g/mol. The maximum atomic E-state index is 11.9. The van der Waals surface area contributed by atoms with Crippen LogP contribution in [-0.4, -0.2) is 38.3 Å². The van der Waals surface area contributed by atoms with E-state index in [4.69, 9.17) is 4.74 Å². The Hall–Kier alpha value is -0.620. The molecule has 2 atom stereocenters. The Kier molecular flexibility index (Phi) is 8.18. The first kappa shape index (κ1) is 17.4. The molecule has 0 saturated carbocycles. The zero-order valence-electron chi connectivity index (χ0n) is 11.1. The summed E-state index contributed by atoms with van der Waals surface area (Å²) in [6, 6.07) is 0. The highest BCUT2D eigenvalue weighted by Gasteiger charge is 2.27. The van der Waals surface area contributed by atoms with E-state index < -0.39 is 12.7 Å². The third-order valence-corrected chi connectivity index (χ3v) is 2.74. The predicted octanol–water partition coefficient (Wildman–Crippen LogP) is 2.55. The fraction of sp³-hybridized carbons (Fsp3) is 0.917. The summed E-state index contributed by atoms with van der Waals surface area (Å²) < 4.78 is 40.9. The summed E-state index contributed by atoms with van der Waals surface area (Å²) in [5, 5.41) is 2.14. The highest BCUT2D eigenvalue weighted by Crippen LogP contribution is 2.17. The third-order valence-electron chi connectivity index (χ3n) is 2.74. The fourth-order valence-electron chi connectivity index (χ4n) is 1.73. The molecule has 0 bridgehead atoms. The van der Waals surface area contributed by atoms with Gasteiger partial charge < -0.3 is 10.1 Å². The van der Waals surface area contributed by atoms with Crippen LogP contribution < -0.4 is 5.32 Å². The molecule has 0 radical (unpaired) electrons. The molecule has 0 aliphatic rings. The van der Waals surface area contributed by atoms with Crippen molar-refractivity contribution in [1.29, 1.82) is 0 Å². The lowest BCUT2D eigenvalue weighted by molar-refractivity contribution is -0.129. The molecule has 0 amide bonds. The van der Waals surface area contributed by atoms with Gasteiger partial charge in [0.15, 0.2) is 0 Å². The van der Waals surface area contributed by atoms with Crippen molar-refractivity contribution >= 4 is 5.78 Å². The van der Waals surface area contributed by atoms with Crippen LogP contribution in [0.2, 0.25) is 0 Å². The molecule has 0 aliphatic heterocycles. The number of ketones is 1. The molecule has 18 heavy (non-hydrogen) atoms. The minimum atomic E-state index is -4.28. The van der Waals surface area contributed by atoms with Crippen molar-refractivity contribution in [2.75, 3.05) is 20.2 Å². The number of halogens is 3. The lowest BCUT2D eigenvalue weighted by Gasteiger charge is -2.19. The third kappa shape index (κ3) is 8.47. The van der Waals surface area contributed by atoms with Crippen LogP contribution in [0.15, 0.2) is 0 Å². The molecule has 0 aromatic rings. The number of carbonyl (C=O) groups excluding carboxylic acids is 1. The quantitative estimate of drug-likeness (QED) is 0.699. The minimum absolute atomic E-state index is 0.0619. The van der Waals surface area contributed by atoms with Crippen LogP contribution in [0.25, 0.3) is 0 Å². The Morgan fingerprint density at radius 2 is 2.00 bits per heavy atom. The number of rotatable bonds is 9. The molecule has 6 heteroatoms. The molecule has 3 nitrogen and oxygen atoms in total. The second-order valence-electron chi connectivity index (χ2n) is 4.45. The van der Waals surface area contributed by atoms with Gasteiger partial charge in [-0.15, -0.1) is 0 Å². The van der Waals surface area contributed by atoms with Crippen LogP contribution in [0.4, 0.5) is 13.2 Å². The van der Waals surface area contributed by atoms with E-state index in [1.54, 1.807) is 7.11 Å². The molecular formula is C12H22F3NO2. The van der Waals surface area contributed by atoms with Crippen LogP contribution in [0, 0.1) is 5.92 Å². The number of Topliss-reactive ketones (excluding diaryl/α,β-unsaturated/α-hetero) is 1. The minimum Gasteiger partial charge on any atom is -0.382 e. The summed E-state index contributed by atoms with van der Waals surface area (Å²) in [5.74, 6) is -0.407. The maximum absolute atomic E-state index is 11.9. The van der Waals surface area contributed by atoms with Crippen LogP contribution in [0.3, 0.4) is 0 Å². The molecule has 0 spiro atoms. The number of nitrogens with one attached hydrogen (secondary N) is 1. The van der Waals surface area contributed by atoms with Gasteiger partial charge in [0, 0.05) is 13.0 Å². The Morgan fingerprint density at radius 3 is 2.44 bits per heavy atom. The Labute approximate surface area is 106 Å². The number of hydrogen-bond acceptors (Lipinski definition) is 3. The topological polar surface area (TPSA) is 38.3 Å². The van der Waals surface area contributed by atoms with Crippen molar-refractivity contribution in [3.8, 4) is 0 Å². The van der Waals surface area contributed by atoms with Crippen molar-refractivity contribution in [2.24, 2.45) is 5.92 Å². The number of ether oxygens (including phenoxy) is 1. The van der Waals surface area contributed by atoms with Crippen molar-refractivity contribution in [2.45, 2.75) is 45.4 Å². The van der Waals surface area contributed by atoms with Crippen LogP contribution in [0.5, 0.6) is 0 Å². The molecule has 0 rings (SSSR count). The molecule has 0 aromatic carbocycles. The summed E-state index contributed by atoms with van der Waals surface area (Å²) >= 11 is 0. The highest BCUT2D eigenvalue weighted by molar-refractivity contribution is 5.82. The van der Waals surface area contributed by atoms with Gasteiger partial charge in [-0.25, -0.2) is 0 Å². The fourth-order valence-corrected chi connectivity index (χ4v) is 1.73. The average molecular weight is 269 g/mol. The summed E-state index contributed by atoms with van der Waals surface area (Å²) in [4.78, 5) is 11.8. The van der Waals surface area contributed by atoms with Crippen LogP contribution in [-0.2, 0) is 9.53 Å². The predicted molar refractivity (Wildman–Crippen MR) is 63.4 cm³/mol.